The van der Waals surface area contributed by atoms with Crippen molar-refractivity contribution < 1.29 is 0 Å². The van der Waals surface area contributed by atoms with Crippen molar-refractivity contribution in [1.29, 1.82) is 0 Å². The molecule has 0 bridgehead atoms. The highest BCUT2D eigenvalue weighted by molar-refractivity contribution is 5.20. The second kappa shape index (κ2) is 4.18. The Morgan fingerprint density at radius 1 is 1.21 bits per heavy atom. The molecule has 2 heteroatoms. The Bertz CT molecular complexity index is 305. The molecule has 1 atom stereocenters. The maximum atomic E-state index is 3.93. The lowest BCUT2D eigenvalue weighted by Gasteiger charge is -2.17. The van der Waals surface area contributed by atoms with Gasteiger partial charge in [0.25, 0.3) is 0 Å². The van der Waals surface area contributed by atoms with Crippen LogP contribution in [0.4, 0.5) is 0 Å². The molecule has 0 aromatic heterocycles. The van der Waals surface area contributed by atoms with Gasteiger partial charge in [-0.15, -0.1) is 0 Å². The predicted octanol–water partition coefficient (Wildman–Crippen LogP) is 2.17. The molecule has 1 fully saturated rings. The minimum atomic E-state index is 0.415. The van der Waals surface area contributed by atoms with E-state index in [4.69, 9.17) is 0 Å². The Kier molecular flexibility index (Phi) is 2.73. The lowest BCUT2D eigenvalue weighted by Crippen LogP contribution is -2.25. The summed E-state index contributed by atoms with van der Waals surface area (Å²) in [5, 5.41) is 6.63. The standard InChI is InChI=1S/C12H16N2/c1-10-13-9-5-8-12(14-10)11-6-3-2-4-7-11/h2-4,6-7,12-14H,1,5,8-9H2. The maximum Gasteiger partial charge on any atom is 0.0917 e. The molecule has 0 saturated carbocycles. The van der Waals surface area contributed by atoms with E-state index in [1.54, 1.807) is 0 Å². The summed E-state index contributed by atoms with van der Waals surface area (Å²) in [4.78, 5) is 0. The van der Waals surface area contributed by atoms with Crippen LogP contribution in [0.25, 0.3) is 0 Å². The first-order valence-corrected chi connectivity index (χ1v) is 5.10. The fourth-order valence-electron chi connectivity index (χ4n) is 1.81. The third kappa shape index (κ3) is 2.08. The van der Waals surface area contributed by atoms with Crippen LogP contribution in [-0.2, 0) is 0 Å². The van der Waals surface area contributed by atoms with Gasteiger partial charge in [0.05, 0.1) is 11.9 Å². The number of benzene rings is 1. The molecule has 2 nitrogen and oxygen atoms in total. The van der Waals surface area contributed by atoms with Gasteiger partial charge in [-0.2, -0.15) is 0 Å². The van der Waals surface area contributed by atoms with Gasteiger partial charge < -0.3 is 10.6 Å². The van der Waals surface area contributed by atoms with Crippen molar-refractivity contribution in [2.24, 2.45) is 0 Å². The van der Waals surface area contributed by atoms with Crippen LogP contribution in [0.2, 0.25) is 0 Å². The highest BCUT2D eigenvalue weighted by Crippen LogP contribution is 2.20. The van der Waals surface area contributed by atoms with Crippen LogP contribution >= 0.6 is 0 Å². The first kappa shape index (κ1) is 9.13. The Balaban J connectivity index is 2.13. The van der Waals surface area contributed by atoms with Crippen LogP contribution in [0.1, 0.15) is 24.4 Å². The van der Waals surface area contributed by atoms with Crippen molar-refractivity contribution in [2.75, 3.05) is 6.54 Å². The average Bonchev–Trinajstić information content (AvgIpc) is 2.44. The van der Waals surface area contributed by atoms with E-state index in [-0.39, 0.29) is 0 Å². The van der Waals surface area contributed by atoms with E-state index in [0.29, 0.717) is 6.04 Å². The van der Waals surface area contributed by atoms with E-state index in [1.807, 2.05) is 6.07 Å². The van der Waals surface area contributed by atoms with Crippen LogP contribution in [-0.4, -0.2) is 6.54 Å². The highest BCUT2D eigenvalue weighted by Gasteiger charge is 2.13. The normalized spacial score (nSPS) is 22.0. The van der Waals surface area contributed by atoms with Crippen molar-refractivity contribution in [3.63, 3.8) is 0 Å². The smallest absolute Gasteiger partial charge is 0.0917 e. The second-order valence-electron chi connectivity index (χ2n) is 3.66. The molecular weight excluding hydrogens is 172 g/mol. The van der Waals surface area contributed by atoms with Crippen molar-refractivity contribution in [3.05, 3.63) is 48.3 Å². The predicted molar refractivity (Wildman–Crippen MR) is 58.7 cm³/mol. The summed E-state index contributed by atoms with van der Waals surface area (Å²) >= 11 is 0. The van der Waals surface area contributed by atoms with E-state index >= 15 is 0 Å². The molecule has 1 aromatic carbocycles. The largest absolute Gasteiger partial charge is 0.372 e. The summed E-state index contributed by atoms with van der Waals surface area (Å²) in [5.74, 6) is 0.941. The molecule has 1 aromatic rings. The Morgan fingerprint density at radius 3 is 2.79 bits per heavy atom. The zero-order chi connectivity index (χ0) is 9.80. The first-order chi connectivity index (χ1) is 6.86. The zero-order valence-electron chi connectivity index (χ0n) is 8.29. The topological polar surface area (TPSA) is 24.1 Å². The summed E-state index contributed by atoms with van der Waals surface area (Å²) in [6.07, 6.45) is 2.35. The van der Waals surface area contributed by atoms with Crippen molar-refractivity contribution in [3.8, 4) is 0 Å². The molecule has 0 spiro atoms. The lowest BCUT2D eigenvalue weighted by atomic mass is 10.0. The third-order valence-electron chi connectivity index (χ3n) is 2.56. The van der Waals surface area contributed by atoms with Gasteiger partial charge in [-0.25, -0.2) is 0 Å². The van der Waals surface area contributed by atoms with Gasteiger partial charge >= 0.3 is 0 Å². The minimum Gasteiger partial charge on any atom is -0.372 e. The van der Waals surface area contributed by atoms with Gasteiger partial charge in [-0.1, -0.05) is 36.9 Å². The summed E-state index contributed by atoms with van der Waals surface area (Å²) in [6, 6.07) is 11.0. The van der Waals surface area contributed by atoms with Gasteiger partial charge in [0.2, 0.25) is 0 Å². The minimum absolute atomic E-state index is 0.415. The SMILES string of the molecule is C=C1NCCCC(c2ccccc2)N1. The van der Waals surface area contributed by atoms with Gasteiger partial charge in [0, 0.05) is 6.54 Å². The molecule has 14 heavy (non-hydrogen) atoms. The van der Waals surface area contributed by atoms with Crippen molar-refractivity contribution in [2.45, 2.75) is 18.9 Å². The molecule has 0 aliphatic carbocycles. The van der Waals surface area contributed by atoms with Crippen LogP contribution in [0.3, 0.4) is 0 Å². The Morgan fingerprint density at radius 2 is 2.00 bits per heavy atom. The van der Waals surface area contributed by atoms with E-state index in [2.05, 4.69) is 41.5 Å². The molecule has 2 N–H and O–H groups in total. The molecular formula is C12H16N2. The first-order valence-electron chi connectivity index (χ1n) is 5.10. The molecule has 1 aliphatic rings. The van der Waals surface area contributed by atoms with Crippen LogP contribution in [0.5, 0.6) is 0 Å². The molecule has 2 rings (SSSR count). The Hall–Kier alpha value is -1.44. The molecule has 1 heterocycles. The number of rotatable bonds is 1. The monoisotopic (exact) mass is 188 g/mol. The maximum absolute atomic E-state index is 3.93. The lowest BCUT2D eigenvalue weighted by molar-refractivity contribution is 0.568. The van der Waals surface area contributed by atoms with Gasteiger partial charge in [-0.05, 0) is 18.4 Å². The zero-order valence-corrected chi connectivity index (χ0v) is 8.29. The number of nitrogens with one attached hydrogen (secondary N) is 2. The second-order valence-corrected chi connectivity index (χ2v) is 3.66. The van der Waals surface area contributed by atoms with Crippen LogP contribution in [0.15, 0.2) is 42.7 Å². The summed E-state index contributed by atoms with van der Waals surface area (Å²) < 4.78 is 0. The van der Waals surface area contributed by atoms with Crippen LogP contribution in [0, 0.1) is 0 Å². The summed E-state index contributed by atoms with van der Waals surface area (Å²) in [5.41, 5.74) is 1.34. The highest BCUT2D eigenvalue weighted by atomic mass is 15.1. The molecule has 1 unspecified atom stereocenters. The summed E-state index contributed by atoms with van der Waals surface area (Å²) in [6.45, 7) is 4.95. The van der Waals surface area contributed by atoms with E-state index in [1.165, 1.54) is 12.0 Å². The van der Waals surface area contributed by atoms with E-state index < -0.39 is 0 Å². The molecule has 1 aliphatic heterocycles. The van der Waals surface area contributed by atoms with E-state index in [9.17, 15) is 0 Å². The van der Waals surface area contributed by atoms with Crippen LogP contribution < -0.4 is 10.6 Å². The fourth-order valence-corrected chi connectivity index (χ4v) is 1.81. The molecule has 0 radical (unpaired) electrons. The summed E-state index contributed by atoms with van der Waals surface area (Å²) in [7, 11) is 0. The quantitative estimate of drug-likeness (QED) is 0.705. The Labute approximate surface area is 85.0 Å². The molecule has 74 valence electrons. The van der Waals surface area contributed by atoms with Gasteiger partial charge in [-0.3, -0.25) is 0 Å². The van der Waals surface area contributed by atoms with E-state index in [0.717, 1.165) is 18.8 Å². The molecule has 1 saturated heterocycles. The van der Waals surface area contributed by atoms with Crippen molar-refractivity contribution in [1.82, 2.24) is 10.6 Å². The number of hydrogen-bond donors (Lipinski definition) is 2. The van der Waals surface area contributed by atoms with Crippen molar-refractivity contribution >= 4 is 0 Å². The third-order valence-corrected chi connectivity index (χ3v) is 2.56. The fraction of sp³-hybridized carbons (Fsp3) is 0.333. The molecule has 0 amide bonds. The number of hydrogen-bond acceptors (Lipinski definition) is 2. The van der Waals surface area contributed by atoms with Gasteiger partial charge in [0.15, 0.2) is 0 Å². The van der Waals surface area contributed by atoms with Gasteiger partial charge in [0.1, 0.15) is 0 Å². The average molecular weight is 188 g/mol.